The lowest BCUT2D eigenvalue weighted by atomic mass is 9.51. The van der Waals surface area contributed by atoms with Gasteiger partial charge in [0.25, 0.3) is 0 Å². The summed E-state index contributed by atoms with van der Waals surface area (Å²) in [6, 6.07) is 0. The first-order valence-corrected chi connectivity index (χ1v) is 7.58. The van der Waals surface area contributed by atoms with Gasteiger partial charge in [0.1, 0.15) is 0 Å². The van der Waals surface area contributed by atoms with Crippen molar-refractivity contribution in [3.8, 4) is 0 Å². The van der Waals surface area contributed by atoms with E-state index in [0.29, 0.717) is 23.7 Å². The van der Waals surface area contributed by atoms with Crippen LogP contribution in [0.25, 0.3) is 0 Å². The zero-order valence-electron chi connectivity index (χ0n) is 12.2. The van der Waals surface area contributed by atoms with E-state index < -0.39 is 5.97 Å². The Labute approximate surface area is 111 Å². The van der Waals surface area contributed by atoms with Gasteiger partial charge in [-0.2, -0.15) is 0 Å². The number of hydrogen-bond donors (Lipinski definition) is 1. The molecule has 0 heterocycles. The van der Waals surface area contributed by atoms with E-state index >= 15 is 0 Å². The number of carbonyl (C=O) groups is 1. The van der Waals surface area contributed by atoms with Crippen molar-refractivity contribution in [3.63, 3.8) is 0 Å². The lowest BCUT2D eigenvalue weighted by molar-refractivity contribution is -0.141. The molecule has 0 radical (unpaired) electrons. The van der Waals surface area contributed by atoms with E-state index in [0.717, 1.165) is 6.42 Å². The van der Waals surface area contributed by atoms with Crippen molar-refractivity contribution < 1.29 is 9.90 Å². The Morgan fingerprint density at radius 3 is 2.44 bits per heavy atom. The molecule has 0 aromatic carbocycles. The molecule has 3 atom stereocenters. The molecule has 104 valence electrons. The summed E-state index contributed by atoms with van der Waals surface area (Å²) in [5.41, 5.74) is 0.657. The maximum Gasteiger partial charge on any atom is 0.303 e. The quantitative estimate of drug-likeness (QED) is 0.786. The Morgan fingerprint density at radius 2 is 1.78 bits per heavy atom. The average molecular weight is 252 g/mol. The van der Waals surface area contributed by atoms with E-state index in [1.54, 1.807) is 0 Å². The minimum absolute atomic E-state index is 0.261. The third kappa shape index (κ3) is 2.44. The van der Waals surface area contributed by atoms with Gasteiger partial charge in [-0.05, 0) is 48.3 Å². The van der Waals surface area contributed by atoms with Crippen molar-refractivity contribution in [3.05, 3.63) is 0 Å². The molecular weight excluding hydrogens is 224 g/mol. The lowest BCUT2D eigenvalue weighted by Crippen LogP contribution is -2.46. The number of carboxylic acid groups (broad SMARTS) is 1. The Kier molecular flexibility index (Phi) is 3.75. The summed E-state index contributed by atoms with van der Waals surface area (Å²) in [7, 11) is 0. The SMILES string of the molecule is CC1(C)CCCC2(C)C(CC(=O)O)CCCCC12. The Balaban J connectivity index is 2.29. The van der Waals surface area contributed by atoms with E-state index in [4.69, 9.17) is 0 Å². The average Bonchev–Trinajstić information content (AvgIpc) is 2.39. The summed E-state index contributed by atoms with van der Waals surface area (Å²) >= 11 is 0. The highest BCUT2D eigenvalue weighted by Crippen LogP contribution is 2.59. The van der Waals surface area contributed by atoms with Crippen molar-refractivity contribution >= 4 is 5.97 Å². The van der Waals surface area contributed by atoms with Crippen LogP contribution in [-0.4, -0.2) is 11.1 Å². The molecule has 2 heteroatoms. The number of rotatable bonds is 2. The van der Waals surface area contributed by atoms with Crippen LogP contribution in [0.1, 0.15) is 72.1 Å². The summed E-state index contributed by atoms with van der Waals surface area (Å²) in [6.45, 7) is 7.19. The molecule has 0 aromatic heterocycles. The van der Waals surface area contributed by atoms with Crippen molar-refractivity contribution in [2.24, 2.45) is 22.7 Å². The highest BCUT2D eigenvalue weighted by Gasteiger charge is 2.50. The first kappa shape index (κ1) is 13.9. The van der Waals surface area contributed by atoms with Crippen LogP contribution < -0.4 is 0 Å². The van der Waals surface area contributed by atoms with E-state index in [2.05, 4.69) is 20.8 Å². The molecule has 0 aromatic rings. The first-order valence-electron chi connectivity index (χ1n) is 7.58. The molecule has 0 amide bonds. The molecule has 2 nitrogen and oxygen atoms in total. The van der Waals surface area contributed by atoms with Crippen LogP contribution in [0.5, 0.6) is 0 Å². The smallest absolute Gasteiger partial charge is 0.303 e. The Hall–Kier alpha value is -0.530. The van der Waals surface area contributed by atoms with E-state index in [1.165, 1.54) is 38.5 Å². The van der Waals surface area contributed by atoms with Gasteiger partial charge in [0.2, 0.25) is 0 Å². The maximum atomic E-state index is 11.2. The fourth-order valence-electron chi connectivity index (χ4n) is 4.99. The highest BCUT2D eigenvalue weighted by molar-refractivity contribution is 5.67. The second-order valence-electron chi connectivity index (χ2n) is 7.48. The number of carboxylic acids is 1. The summed E-state index contributed by atoms with van der Waals surface area (Å²) in [4.78, 5) is 11.2. The maximum absolute atomic E-state index is 11.2. The van der Waals surface area contributed by atoms with E-state index in [-0.39, 0.29) is 5.41 Å². The van der Waals surface area contributed by atoms with Gasteiger partial charge < -0.3 is 5.11 Å². The third-order valence-corrected chi connectivity index (χ3v) is 5.92. The monoisotopic (exact) mass is 252 g/mol. The largest absolute Gasteiger partial charge is 0.481 e. The first-order chi connectivity index (χ1) is 8.36. The minimum atomic E-state index is -0.606. The zero-order valence-corrected chi connectivity index (χ0v) is 12.2. The van der Waals surface area contributed by atoms with Gasteiger partial charge in [0.15, 0.2) is 0 Å². The van der Waals surface area contributed by atoms with Crippen LogP contribution in [0.15, 0.2) is 0 Å². The summed E-state index contributed by atoms with van der Waals surface area (Å²) < 4.78 is 0. The Morgan fingerprint density at radius 1 is 1.11 bits per heavy atom. The van der Waals surface area contributed by atoms with Gasteiger partial charge in [-0.15, -0.1) is 0 Å². The van der Waals surface area contributed by atoms with E-state index in [1.807, 2.05) is 0 Å². The van der Waals surface area contributed by atoms with Crippen LogP contribution >= 0.6 is 0 Å². The second kappa shape index (κ2) is 4.86. The van der Waals surface area contributed by atoms with Crippen LogP contribution in [0.2, 0.25) is 0 Å². The molecule has 2 saturated carbocycles. The molecular formula is C16H28O2. The Bertz CT molecular complexity index is 321. The number of fused-ring (bicyclic) bond motifs is 1. The molecule has 0 aliphatic heterocycles. The topological polar surface area (TPSA) is 37.3 Å². The number of hydrogen-bond acceptors (Lipinski definition) is 1. The van der Waals surface area contributed by atoms with Crippen molar-refractivity contribution in [1.82, 2.24) is 0 Å². The van der Waals surface area contributed by atoms with Gasteiger partial charge in [-0.25, -0.2) is 0 Å². The molecule has 2 aliphatic rings. The third-order valence-electron chi connectivity index (χ3n) is 5.92. The van der Waals surface area contributed by atoms with Gasteiger partial charge >= 0.3 is 5.97 Å². The van der Waals surface area contributed by atoms with Crippen molar-refractivity contribution in [2.45, 2.75) is 72.1 Å². The molecule has 0 bridgehead atoms. The summed E-state index contributed by atoms with van der Waals surface area (Å²) in [5.74, 6) is 0.498. The molecule has 0 spiro atoms. The summed E-state index contributed by atoms with van der Waals surface area (Å²) in [6.07, 6.45) is 9.14. The van der Waals surface area contributed by atoms with Gasteiger partial charge in [-0.1, -0.05) is 40.0 Å². The summed E-state index contributed by atoms with van der Waals surface area (Å²) in [5, 5.41) is 9.19. The predicted octanol–water partition coefficient (Wildman–Crippen LogP) is 4.48. The minimum Gasteiger partial charge on any atom is -0.481 e. The van der Waals surface area contributed by atoms with Gasteiger partial charge in [-0.3, -0.25) is 4.79 Å². The van der Waals surface area contributed by atoms with E-state index in [9.17, 15) is 9.90 Å². The van der Waals surface area contributed by atoms with Crippen molar-refractivity contribution in [1.29, 1.82) is 0 Å². The van der Waals surface area contributed by atoms with Crippen LogP contribution in [0, 0.1) is 22.7 Å². The van der Waals surface area contributed by atoms with Crippen LogP contribution in [-0.2, 0) is 4.79 Å². The van der Waals surface area contributed by atoms with Gasteiger partial charge in [0, 0.05) is 6.42 Å². The molecule has 1 N–H and O–H groups in total. The molecule has 0 saturated heterocycles. The van der Waals surface area contributed by atoms with Crippen LogP contribution in [0.4, 0.5) is 0 Å². The van der Waals surface area contributed by atoms with Crippen molar-refractivity contribution in [2.75, 3.05) is 0 Å². The standard InChI is InChI=1S/C16H28O2/c1-15(2)9-6-10-16(3)12(11-14(17)18)7-4-5-8-13(15)16/h12-13H,4-11H2,1-3H3,(H,17,18). The van der Waals surface area contributed by atoms with Crippen LogP contribution in [0.3, 0.4) is 0 Å². The fourth-order valence-corrected chi connectivity index (χ4v) is 4.99. The molecule has 2 fully saturated rings. The molecule has 2 aliphatic carbocycles. The lowest BCUT2D eigenvalue weighted by Gasteiger charge is -2.53. The van der Waals surface area contributed by atoms with Gasteiger partial charge in [0.05, 0.1) is 0 Å². The normalized spacial score (nSPS) is 39.7. The zero-order chi connectivity index (χ0) is 13.4. The number of aliphatic carboxylic acids is 1. The second-order valence-corrected chi connectivity index (χ2v) is 7.48. The highest BCUT2D eigenvalue weighted by atomic mass is 16.4. The fraction of sp³-hybridized carbons (Fsp3) is 0.938. The predicted molar refractivity (Wildman–Crippen MR) is 73.4 cm³/mol. The molecule has 18 heavy (non-hydrogen) atoms. The molecule has 3 unspecified atom stereocenters. The molecule has 2 rings (SSSR count).